The molecule has 1 saturated heterocycles. The standard InChI is InChI=1S/C21H23N5O2/c1-15-24-18-6-2-3-7-19(18)26(15)14-17-5-4-12-25(17)20(27)13-23-21(28)16-8-10-22-11-9-16/h2-3,6-11,17H,4-5,12-14H2,1H3,(H,23,28). The second kappa shape index (κ2) is 7.80. The van der Waals surface area contributed by atoms with Crippen LogP contribution in [0.5, 0.6) is 0 Å². The van der Waals surface area contributed by atoms with E-state index in [1.165, 1.54) is 0 Å². The van der Waals surface area contributed by atoms with Gasteiger partial charge in [0.2, 0.25) is 5.91 Å². The van der Waals surface area contributed by atoms with Crippen LogP contribution in [0, 0.1) is 6.92 Å². The number of aryl methyl sites for hydroxylation is 1. The summed E-state index contributed by atoms with van der Waals surface area (Å²) in [6.45, 7) is 3.44. The van der Waals surface area contributed by atoms with E-state index in [0.29, 0.717) is 5.56 Å². The summed E-state index contributed by atoms with van der Waals surface area (Å²) >= 11 is 0. The average molecular weight is 377 g/mol. The molecule has 7 nitrogen and oxygen atoms in total. The van der Waals surface area contributed by atoms with Gasteiger partial charge in [0.25, 0.3) is 5.91 Å². The van der Waals surface area contributed by atoms with Gasteiger partial charge in [0.15, 0.2) is 0 Å². The smallest absolute Gasteiger partial charge is 0.251 e. The van der Waals surface area contributed by atoms with Crippen molar-refractivity contribution in [3.8, 4) is 0 Å². The van der Waals surface area contributed by atoms with Crippen LogP contribution in [0.15, 0.2) is 48.8 Å². The second-order valence-electron chi connectivity index (χ2n) is 7.06. The van der Waals surface area contributed by atoms with Gasteiger partial charge >= 0.3 is 0 Å². The van der Waals surface area contributed by atoms with Crippen LogP contribution in [0.1, 0.15) is 29.0 Å². The summed E-state index contributed by atoms with van der Waals surface area (Å²) in [5.41, 5.74) is 2.56. The van der Waals surface area contributed by atoms with Crippen molar-refractivity contribution in [3.05, 3.63) is 60.2 Å². The van der Waals surface area contributed by atoms with Crippen molar-refractivity contribution in [1.29, 1.82) is 0 Å². The Balaban J connectivity index is 1.42. The Morgan fingerprint density at radius 3 is 2.79 bits per heavy atom. The number of rotatable bonds is 5. The van der Waals surface area contributed by atoms with Gasteiger partial charge in [-0.1, -0.05) is 12.1 Å². The van der Waals surface area contributed by atoms with Gasteiger partial charge in [-0.3, -0.25) is 14.6 Å². The molecule has 4 rings (SSSR count). The number of imidazole rings is 1. The van der Waals surface area contributed by atoms with Crippen molar-refractivity contribution in [2.24, 2.45) is 0 Å². The van der Waals surface area contributed by atoms with Gasteiger partial charge in [0, 0.05) is 37.1 Å². The molecule has 1 aliphatic heterocycles. The van der Waals surface area contributed by atoms with E-state index < -0.39 is 0 Å². The number of para-hydroxylation sites is 2. The van der Waals surface area contributed by atoms with E-state index in [-0.39, 0.29) is 24.4 Å². The van der Waals surface area contributed by atoms with Gasteiger partial charge in [-0.25, -0.2) is 4.98 Å². The Morgan fingerprint density at radius 2 is 1.96 bits per heavy atom. The first-order chi connectivity index (χ1) is 13.6. The van der Waals surface area contributed by atoms with Gasteiger partial charge in [0.05, 0.1) is 17.6 Å². The molecule has 1 N–H and O–H groups in total. The van der Waals surface area contributed by atoms with Crippen LogP contribution in [0.25, 0.3) is 11.0 Å². The van der Waals surface area contributed by atoms with E-state index in [1.54, 1.807) is 24.5 Å². The first kappa shape index (κ1) is 18.2. The molecular formula is C21H23N5O2. The Hall–Kier alpha value is -3.22. The third-order valence-electron chi connectivity index (χ3n) is 5.28. The minimum Gasteiger partial charge on any atom is -0.343 e. The van der Waals surface area contributed by atoms with Crippen molar-refractivity contribution in [2.45, 2.75) is 32.4 Å². The van der Waals surface area contributed by atoms with Gasteiger partial charge in [0.1, 0.15) is 5.82 Å². The van der Waals surface area contributed by atoms with E-state index in [9.17, 15) is 9.59 Å². The molecule has 0 aliphatic carbocycles. The quantitative estimate of drug-likeness (QED) is 0.739. The SMILES string of the molecule is Cc1nc2ccccc2n1CC1CCCN1C(=O)CNC(=O)c1ccncc1. The highest BCUT2D eigenvalue weighted by atomic mass is 16.2. The number of amides is 2. The molecule has 3 heterocycles. The summed E-state index contributed by atoms with van der Waals surface area (Å²) in [4.78, 5) is 35.3. The molecule has 1 atom stereocenters. The highest BCUT2D eigenvalue weighted by molar-refractivity contribution is 5.96. The number of pyridine rings is 1. The molecule has 0 saturated carbocycles. The van der Waals surface area contributed by atoms with Gasteiger partial charge in [-0.15, -0.1) is 0 Å². The summed E-state index contributed by atoms with van der Waals surface area (Å²) in [5.74, 6) is 0.640. The minimum atomic E-state index is -0.261. The van der Waals surface area contributed by atoms with Crippen LogP contribution in [-0.4, -0.2) is 50.4 Å². The first-order valence-electron chi connectivity index (χ1n) is 9.53. The molecule has 0 spiro atoms. The third kappa shape index (κ3) is 3.60. The first-order valence-corrected chi connectivity index (χ1v) is 9.53. The Labute approximate surface area is 163 Å². The van der Waals surface area contributed by atoms with Crippen molar-refractivity contribution < 1.29 is 9.59 Å². The van der Waals surface area contributed by atoms with Crippen LogP contribution in [0.2, 0.25) is 0 Å². The van der Waals surface area contributed by atoms with E-state index in [1.807, 2.05) is 30.0 Å². The molecule has 1 unspecified atom stereocenters. The maximum absolute atomic E-state index is 12.7. The van der Waals surface area contributed by atoms with E-state index in [4.69, 9.17) is 0 Å². The molecule has 2 amide bonds. The molecule has 0 radical (unpaired) electrons. The molecule has 1 aliphatic rings. The number of carbonyl (C=O) groups excluding carboxylic acids is 2. The molecule has 3 aromatic rings. The number of carbonyl (C=O) groups is 2. The van der Waals surface area contributed by atoms with Gasteiger partial charge in [-0.2, -0.15) is 0 Å². The van der Waals surface area contributed by atoms with Crippen molar-refractivity contribution in [1.82, 2.24) is 24.8 Å². The van der Waals surface area contributed by atoms with E-state index in [0.717, 1.165) is 42.8 Å². The number of hydrogen-bond acceptors (Lipinski definition) is 4. The molecule has 28 heavy (non-hydrogen) atoms. The number of nitrogens with zero attached hydrogens (tertiary/aromatic N) is 4. The minimum absolute atomic E-state index is 0.00130. The summed E-state index contributed by atoms with van der Waals surface area (Å²) in [7, 11) is 0. The average Bonchev–Trinajstić information content (AvgIpc) is 3.31. The number of benzene rings is 1. The lowest BCUT2D eigenvalue weighted by Crippen LogP contribution is -2.44. The van der Waals surface area contributed by atoms with Crippen molar-refractivity contribution in [2.75, 3.05) is 13.1 Å². The van der Waals surface area contributed by atoms with Crippen LogP contribution in [0.4, 0.5) is 0 Å². The molecule has 0 bridgehead atoms. The number of likely N-dealkylation sites (tertiary alicyclic amines) is 1. The second-order valence-corrected chi connectivity index (χ2v) is 7.06. The van der Waals surface area contributed by atoms with Crippen LogP contribution >= 0.6 is 0 Å². The molecule has 7 heteroatoms. The Morgan fingerprint density at radius 1 is 1.18 bits per heavy atom. The van der Waals surface area contributed by atoms with Crippen LogP contribution in [0.3, 0.4) is 0 Å². The summed E-state index contributed by atoms with van der Waals surface area (Å²) in [6, 6.07) is 11.4. The fraction of sp³-hybridized carbons (Fsp3) is 0.333. The van der Waals surface area contributed by atoms with E-state index >= 15 is 0 Å². The Kier molecular flexibility index (Phi) is 5.06. The Bertz CT molecular complexity index is 998. The lowest BCUT2D eigenvalue weighted by atomic mass is 10.2. The lowest BCUT2D eigenvalue weighted by Gasteiger charge is -2.26. The maximum atomic E-state index is 12.7. The fourth-order valence-electron chi connectivity index (χ4n) is 3.85. The normalized spacial score (nSPS) is 16.5. The van der Waals surface area contributed by atoms with Crippen molar-refractivity contribution >= 4 is 22.8 Å². The lowest BCUT2D eigenvalue weighted by molar-refractivity contribution is -0.131. The number of fused-ring (bicyclic) bond motifs is 1. The zero-order valence-corrected chi connectivity index (χ0v) is 15.8. The monoisotopic (exact) mass is 377 g/mol. The predicted molar refractivity (Wildman–Crippen MR) is 106 cm³/mol. The van der Waals surface area contributed by atoms with Crippen LogP contribution < -0.4 is 5.32 Å². The third-order valence-corrected chi connectivity index (χ3v) is 5.28. The summed E-state index contributed by atoms with van der Waals surface area (Å²) < 4.78 is 2.18. The number of nitrogens with one attached hydrogen (secondary N) is 1. The number of aromatic nitrogens is 3. The molecule has 144 valence electrons. The maximum Gasteiger partial charge on any atom is 0.251 e. The van der Waals surface area contributed by atoms with Gasteiger partial charge in [-0.05, 0) is 44.0 Å². The highest BCUT2D eigenvalue weighted by Crippen LogP contribution is 2.23. The van der Waals surface area contributed by atoms with Crippen molar-refractivity contribution in [3.63, 3.8) is 0 Å². The highest BCUT2D eigenvalue weighted by Gasteiger charge is 2.29. The zero-order chi connectivity index (χ0) is 19.5. The summed E-state index contributed by atoms with van der Waals surface area (Å²) in [6.07, 6.45) is 5.05. The predicted octanol–water partition coefficient (Wildman–Crippen LogP) is 2.16. The van der Waals surface area contributed by atoms with Crippen LogP contribution in [-0.2, 0) is 11.3 Å². The molecule has 1 fully saturated rings. The largest absolute Gasteiger partial charge is 0.343 e. The molecule has 2 aromatic heterocycles. The summed E-state index contributed by atoms with van der Waals surface area (Å²) in [5, 5.41) is 2.72. The van der Waals surface area contributed by atoms with Gasteiger partial charge < -0.3 is 14.8 Å². The molecular weight excluding hydrogens is 354 g/mol. The zero-order valence-electron chi connectivity index (χ0n) is 15.8. The fourth-order valence-corrected chi connectivity index (χ4v) is 3.85. The van der Waals surface area contributed by atoms with E-state index in [2.05, 4.69) is 25.9 Å². The topological polar surface area (TPSA) is 80.1 Å². The number of hydrogen-bond donors (Lipinski definition) is 1. The molecule has 1 aromatic carbocycles.